The van der Waals surface area contributed by atoms with E-state index in [4.69, 9.17) is 5.73 Å². The van der Waals surface area contributed by atoms with Crippen LogP contribution in [0.1, 0.15) is 22.6 Å². The number of hydrogen-bond donors (Lipinski definition) is 2. The number of nitrogens with one attached hydrogen (secondary N) is 1. The highest BCUT2D eigenvalue weighted by atomic mass is 32.1. The smallest absolute Gasteiger partial charge is 0.0798 e. The molecule has 19 heavy (non-hydrogen) atoms. The van der Waals surface area contributed by atoms with Gasteiger partial charge in [0, 0.05) is 24.0 Å². The van der Waals surface area contributed by atoms with Gasteiger partial charge in [-0.1, -0.05) is 30.3 Å². The Morgan fingerprint density at radius 3 is 2.79 bits per heavy atom. The molecule has 0 saturated carbocycles. The number of nitrogens with two attached hydrogens (primary N) is 1. The van der Waals surface area contributed by atoms with Crippen LogP contribution < -0.4 is 11.1 Å². The Bertz CT molecular complexity index is 481. The van der Waals surface area contributed by atoms with E-state index in [9.17, 15) is 0 Å². The summed E-state index contributed by atoms with van der Waals surface area (Å²) in [5, 5.41) is 3.41. The lowest BCUT2D eigenvalue weighted by molar-refractivity contribution is 0.545. The summed E-state index contributed by atoms with van der Waals surface area (Å²) in [6.07, 6.45) is 2.06. The standard InChI is InChI=1S/C15H21N3S/c1-12-15(19-11-18-12)10-17-9-14(16)8-7-13-5-3-2-4-6-13/h2-6,11,14,17H,7-10,16H2,1H3. The highest BCUT2D eigenvalue weighted by Crippen LogP contribution is 2.11. The molecule has 0 bridgehead atoms. The zero-order valence-electron chi connectivity index (χ0n) is 11.3. The Morgan fingerprint density at radius 1 is 1.32 bits per heavy atom. The van der Waals surface area contributed by atoms with E-state index in [-0.39, 0.29) is 6.04 Å². The van der Waals surface area contributed by atoms with Crippen LogP contribution in [0.5, 0.6) is 0 Å². The second-order valence-corrected chi connectivity index (χ2v) is 5.72. The van der Waals surface area contributed by atoms with Crippen LogP contribution in [0.2, 0.25) is 0 Å². The largest absolute Gasteiger partial charge is 0.327 e. The molecule has 0 radical (unpaired) electrons. The van der Waals surface area contributed by atoms with Crippen molar-refractivity contribution in [2.24, 2.45) is 5.73 Å². The molecule has 102 valence electrons. The Kier molecular flexibility index (Phi) is 5.51. The monoisotopic (exact) mass is 275 g/mol. The van der Waals surface area contributed by atoms with Crippen molar-refractivity contribution in [3.63, 3.8) is 0 Å². The predicted molar refractivity (Wildman–Crippen MR) is 81.3 cm³/mol. The zero-order valence-corrected chi connectivity index (χ0v) is 12.1. The number of hydrogen-bond acceptors (Lipinski definition) is 4. The van der Waals surface area contributed by atoms with E-state index in [0.717, 1.165) is 31.6 Å². The van der Waals surface area contributed by atoms with Crippen LogP contribution in [0, 0.1) is 6.92 Å². The van der Waals surface area contributed by atoms with E-state index in [0.29, 0.717) is 0 Å². The molecule has 1 unspecified atom stereocenters. The lowest BCUT2D eigenvalue weighted by Gasteiger charge is -2.12. The third kappa shape index (κ3) is 4.74. The van der Waals surface area contributed by atoms with Crippen LogP contribution >= 0.6 is 11.3 Å². The normalized spacial score (nSPS) is 12.5. The van der Waals surface area contributed by atoms with Gasteiger partial charge in [-0.3, -0.25) is 0 Å². The minimum absolute atomic E-state index is 0.202. The van der Waals surface area contributed by atoms with E-state index in [1.54, 1.807) is 11.3 Å². The van der Waals surface area contributed by atoms with Gasteiger partial charge in [-0.2, -0.15) is 0 Å². The van der Waals surface area contributed by atoms with Gasteiger partial charge in [0.2, 0.25) is 0 Å². The van der Waals surface area contributed by atoms with Crippen molar-refractivity contribution in [3.8, 4) is 0 Å². The van der Waals surface area contributed by atoms with E-state index >= 15 is 0 Å². The van der Waals surface area contributed by atoms with Gasteiger partial charge in [-0.05, 0) is 25.3 Å². The molecule has 0 aliphatic rings. The molecule has 3 N–H and O–H groups in total. The maximum absolute atomic E-state index is 6.12. The minimum atomic E-state index is 0.202. The highest BCUT2D eigenvalue weighted by Gasteiger charge is 2.05. The summed E-state index contributed by atoms with van der Waals surface area (Å²) in [5.41, 5.74) is 10.5. The Labute approximate surface area is 118 Å². The maximum atomic E-state index is 6.12. The van der Waals surface area contributed by atoms with Gasteiger partial charge in [-0.15, -0.1) is 11.3 Å². The molecular weight excluding hydrogens is 254 g/mol. The fourth-order valence-corrected chi connectivity index (χ4v) is 2.71. The molecule has 1 aromatic carbocycles. The van der Waals surface area contributed by atoms with Crippen LogP contribution in [-0.2, 0) is 13.0 Å². The third-order valence-corrected chi connectivity index (χ3v) is 4.12. The first-order chi connectivity index (χ1) is 9.25. The summed E-state index contributed by atoms with van der Waals surface area (Å²) < 4.78 is 0. The molecule has 1 heterocycles. The third-order valence-electron chi connectivity index (χ3n) is 3.18. The fourth-order valence-electron chi connectivity index (χ4n) is 1.97. The van der Waals surface area contributed by atoms with Crippen molar-refractivity contribution in [2.45, 2.75) is 32.4 Å². The van der Waals surface area contributed by atoms with Crippen LogP contribution in [-0.4, -0.2) is 17.6 Å². The van der Waals surface area contributed by atoms with E-state index in [1.807, 2.05) is 18.5 Å². The second kappa shape index (κ2) is 7.38. The fraction of sp³-hybridized carbons (Fsp3) is 0.400. The van der Waals surface area contributed by atoms with Crippen molar-refractivity contribution >= 4 is 11.3 Å². The molecule has 1 aromatic heterocycles. The molecule has 1 atom stereocenters. The molecule has 0 amide bonds. The molecule has 0 saturated heterocycles. The van der Waals surface area contributed by atoms with Gasteiger partial charge in [0.1, 0.15) is 0 Å². The molecule has 0 fully saturated rings. The van der Waals surface area contributed by atoms with Gasteiger partial charge in [0.05, 0.1) is 11.2 Å². The molecule has 2 aromatic rings. The number of thiazole rings is 1. The average Bonchev–Trinajstić information content (AvgIpc) is 2.83. The van der Waals surface area contributed by atoms with Crippen molar-refractivity contribution in [1.82, 2.24) is 10.3 Å². The average molecular weight is 275 g/mol. The van der Waals surface area contributed by atoms with Crippen molar-refractivity contribution < 1.29 is 0 Å². The number of aryl methyl sites for hydroxylation is 2. The van der Waals surface area contributed by atoms with Gasteiger partial charge in [0.25, 0.3) is 0 Å². The van der Waals surface area contributed by atoms with Crippen LogP contribution in [0.4, 0.5) is 0 Å². The summed E-state index contributed by atoms with van der Waals surface area (Å²) in [6.45, 7) is 3.77. The van der Waals surface area contributed by atoms with E-state index in [1.165, 1.54) is 10.4 Å². The summed E-state index contributed by atoms with van der Waals surface area (Å²) in [4.78, 5) is 5.54. The number of nitrogens with zero attached hydrogens (tertiary/aromatic N) is 1. The minimum Gasteiger partial charge on any atom is -0.327 e. The first kappa shape index (κ1) is 14.2. The quantitative estimate of drug-likeness (QED) is 0.816. The van der Waals surface area contributed by atoms with Crippen LogP contribution in [0.25, 0.3) is 0 Å². The lowest BCUT2D eigenvalue weighted by atomic mass is 10.1. The Hall–Kier alpha value is -1.23. The van der Waals surface area contributed by atoms with Crippen LogP contribution in [0.3, 0.4) is 0 Å². The van der Waals surface area contributed by atoms with Gasteiger partial charge >= 0.3 is 0 Å². The molecule has 0 aliphatic carbocycles. The van der Waals surface area contributed by atoms with Gasteiger partial charge in [-0.25, -0.2) is 4.98 Å². The summed E-state index contributed by atoms with van der Waals surface area (Å²) in [5.74, 6) is 0. The molecule has 3 nitrogen and oxygen atoms in total. The second-order valence-electron chi connectivity index (χ2n) is 4.78. The molecular formula is C15H21N3S. The topological polar surface area (TPSA) is 50.9 Å². The predicted octanol–water partition coefficient (Wildman–Crippen LogP) is 2.50. The van der Waals surface area contributed by atoms with Gasteiger partial charge < -0.3 is 11.1 Å². The number of aromatic nitrogens is 1. The lowest BCUT2D eigenvalue weighted by Crippen LogP contribution is -2.33. The highest BCUT2D eigenvalue weighted by molar-refractivity contribution is 7.09. The number of rotatable bonds is 7. The van der Waals surface area contributed by atoms with Crippen molar-refractivity contribution in [3.05, 3.63) is 52.0 Å². The van der Waals surface area contributed by atoms with E-state index < -0.39 is 0 Å². The van der Waals surface area contributed by atoms with Crippen molar-refractivity contribution in [2.75, 3.05) is 6.54 Å². The molecule has 0 spiro atoms. The van der Waals surface area contributed by atoms with Gasteiger partial charge in [0.15, 0.2) is 0 Å². The summed E-state index contributed by atoms with van der Waals surface area (Å²) >= 11 is 1.70. The Morgan fingerprint density at radius 2 is 2.11 bits per heavy atom. The summed E-state index contributed by atoms with van der Waals surface area (Å²) in [6, 6.07) is 10.7. The maximum Gasteiger partial charge on any atom is 0.0798 e. The molecule has 4 heteroatoms. The first-order valence-corrected chi connectivity index (χ1v) is 7.53. The van der Waals surface area contributed by atoms with E-state index in [2.05, 4.69) is 34.6 Å². The number of benzene rings is 1. The van der Waals surface area contributed by atoms with Crippen LogP contribution in [0.15, 0.2) is 35.8 Å². The van der Waals surface area contributed by atoms with Crippen molar-refractivity contribution in [1.29, 1.82) is 0 Å². The summed E-state index contributed by atoms with van der Waals surface area (Å²) in [7, 11) is 0. The molecule has 0 aliphatic heterocycles. The Balaban J connectivity index is 1.65. The molecule has 2 rings (SSSR count). The SMILES string of the molecule is Cc1ncsc1CNCC(N)CCc1ccccc1. The zero-order chi connectivity index (χ0) is 13.5. The first-order valence-electron chi connectivity index (χ1n) is 6.65.